The molecule has 0 radical (unpaired) electrons. The monoisotopic (exact) mass is 896 g/mol. The summed E-state index contributed by atoms with van der Waals surface area (Å²) < 4.78 is 18.9. The van der Waals surface area contributed by atoms with Crippen molar-refractivity contribution in [2.75, 3.05) is 58.0 Å². The van der Waals surface area contributed by atoms with Crippen LogP contribution in [0.2, 0.25) is 0 Å². The number of methoxy groups -OCH3 is 1. The minimum atomic E-state index is -0.285. The molecule has 6 aromatic rings. The number of nitrogens with zero attached hydrogens (tertiary/aromatic N) is 6. The highest BCUT2D eigenvalue weighted by molar-refractivity contribution is 6.12. The van der Waals surface area contributed by atoms with E-state index in [-0.39, 0.29) is 30.2 Å². The van der Waals surface area contributed by atoms with Gasteiger partial charge in [-0.2, -0.15) is 5.26 Å². The Morgan fingerprint density at radius 1 is 0.806 bits per heavy atom. The van der Waals surface area contributed by atoms with E-state index >= 15 is 4.79 Å². The Labute approximate surface area is 392 Å². The molecule has 4 heterocycles. The van der Waals surface area contributed by atoms with E-state index in [1.807, 2.05) is 107 Å². The predicted octanol–water partition coefficient (Wildman–Crippen LogP) is 8.28. The number of amides is 3. The smallest absolute Gasteiger partial charge is 0.264 e. The Hall–Kier alpha value is -7.20. The Balaban J connectivity index is 1.02. The fourth-order valence-electron chi connectivity index (χ4n) is 9.60. The number of fused-ring (bicyclic) bond motifs is 2. The first kappa shape index (κ1) is 45.0. The molecule has 0 unspecified atom stereocenters. The molecule has 0 aliphatic carbocycles. The molecular formula is C55H56N6O6. The van der Waals surface area contributed by atoms with Gasteiger partial charge in [0.15, 0.2) is 0 Å². The summed E-state index contributed by atoms with van der Waals surface area (Å²) in [4.78, 5) is 51.9. The lowest BCUT2D eigenvalue weighted by Gasteiger charge is -2.36. The maximum Gasteiger partial charge on any atom is 0.264 e. The number of carbonyl (C=O) groups is 3. The molecule has 12 heteroatoms. The molecule has 0 saturated carbocycles. The summed E-state index contributed by atoms with van der Waals surface area (Å²) in [6.45, 7) is 10.2. The summed E-state index contributed by atoms with van der Waals surface area (Å²) in [6, 6.07) is 38.7. The van der Waals surface area contributed by atoms with E-state index in [2.05, 4.69) is 36.1 Å². The highest BCUT2D eigenvalue weighted by atomic mass is 16.5. The van der Waals surface area contributed by atoms with Crippen LogP contribution < -0.4 is 14.4 Å². The largest absolute Gasteiger partial charge is 0.495 e. The van der Waals surface area contributed by atoms with Crippen LogP contribution in [0, 0.1) is 18.3 Å². The molecule has 9 rings (SSSR count). The molecule has 3 amide bonds. The van der Waals surface area contributed by atoms with Gasteiger partial charge in [0.2, 0.25) is 5.91 Å². The van der Waals surface area contributed by atoms with E-state index in [0.29, 0.717) is 66.5 Å². The van der Waals surface area contributed by atoms with Crippen LogP contribution in [-0.2, 0) is 48.9 Å². The zero-order valence-electron chi connectivity index (χ0n) is 38.7. The molecule has 0 bridgehead atoms. The highest BCUT2D eigenvalue weighted by Crippen LogP contribution is 2.38. The van der Waals surface area contributed by atoms with Gasteiger partial charge in [0.05, 0.1) is 43.6 Å². The maximum absolute atomic E-state index is 15.2. The summed E-state index contributed by atoms with van der Waals surface area (Å²) >= 11 is 0. The van der Waals surface area contributed by atoms with Crippen LogP contribution in [-0.4, -0.2) is 96.1 Å². The van der Waals surface area contributed by atoms with Crippen molar-refractivity contribution >= 4 is 29.1 Å². The lowest BCUT2D eigenvalue weighted by atomic mass is 9.89. The number of para-hydroxylation sites is 1. The number of carbonyl (C=O) groups excluding carboxylic acids is 3. The molecule has 3 aliphatic rings. The first-order chi connectivity index (χ1) is 32.6. The second-order valence-electron chi connectivity index (χ2n) is 17.7. The van der Waals surface area contributed by atoms with E-state index in [9.17, 15) is 14.9 Å². The maximum atomic E-state index is 15.2. The molecule has 342 valence electrons. The van der Waals surface area contributed by atoms with Crippen LogP contribution >= 0.6 is 0 Å². The van der Waals surface area contributed by atoms with E-state index in [1.165, 1.54) is 12.7 Å². The molecule has 12 nitrogen and oxygen atoms in total. The van der Waals surface area contributed by atoms with Gasteiger partial charge in [-0.1, -0.05) is 54.6 Å². The van der Waals surface area contributed by atoms with E-state index in [1.54, 1.807) is 23.1 Å². The van der Waals surface area contributed by atoms with Crippen molar-refractivity contribution in [1.29, 1.82) is 5.26 Å². The van der Waals surface area contributed by atoms with Crippen LogP contribution in [0.1, 0.15) is 66.7 Å². The molecule has 67 heavy (non-hydrogen) atoms. The highest BCUT2D eigenvalue weighted by Gasteiger charge is 2.33. The molecule has 0 N–H and O–H groups in total. The third-order valence-corrected chi connectivity index (χ3v) is 13.6. The van der Waals surface area contributed by atoms with Gasteiger partial charge in [-0.25, -0.2) is 0 Å². The number of rotatable bonds is 12. The first-order valence-corrected chi connectivity index (χ1v) is 23.1. The van der Waals surface area contributed by atoms with E-state index in [4.69, 9.17) is 14.2 Å². The zero-order chi connectivity index (χ0) is 46.6. The predicted molar refractivity (Wildman–Crippen MR) is 258 cm³/mol. The van der Waals surface area contributed by atoms with Gasteiger partial charge in [0.1, 0.15) is 24.2 Å². The lowest BCUT2D eigenvalue weighted by Crippen LogP contribution is -2.43. The Morgan fingerprint density at radius 2 is 1.55 bits per heavy atom. The van der Waals surface area contributed by atoms with Crippen molar-refractivity contribution in [3.05, 3.63) is 165 Å². The van der Waals surface area contributed by atoms with Crippen molar-refractivity contribution in [3.63, 3.8) is 0 Å². The van der Waals surface area contributed by atoms with Crippen molar-refractivity contribution in [2.24, 2.45) is 7.05 Å². The van der Waals surface area contributed by atoms with Crippen molar-refractivity contribution < 1.29 is 28.6 Å². The van der Waals surface area contributed by atoms with Crippen LogP contribution in [0.3, 0.4) is 0 Å². The first-order valence-electron chi connectivity index (χ1n) is 23.1. The number of hydrogen-bond donors (Lipinski definition) is 0. The molecule has 1 aromatic heterocycles. The van der Waals surface area contributed by atoms with Gasteiger partial charge < -0.3 is 28.6 Å². The Bertz CT molecular complexity index is 2840. The van der Waals surface area contributed by atoms with Gasteiger partial charge in [-0.15, -0.1) is 0 Å². The second-order valence-corrected chi connectivity index (χ2v) is 17.7. The second kappa shape index (κ2) is 19.7. The third-order valence-electron chi connectivity index (χ3n) is 13.6. The lowest BCUT2D eigenvalue weighted by molar-refractivity contribution is -0.131. The Kier molecular flexibility index (Phi) is 13.2. The molecule has 3 aliphatic heterocycles. The van der Waals surface area contributed by atoms with Gasteiger partial charge in [0, 0.05) is 80.6 Å². The van der Waals surface area contributed by atoms with Crippen LogP contribution in [0.15, 0.2) is 115 Å². The fraction of sp³-hybridized carbons (Fsp3) is 0.309. The number of morpholine rings is 1. The number of hydrogen-bond acceptors (Lipinski definition) is 8. The number of aromatic nitrogens is 1. The average molecular weight is 897 g/mol. The Morgan fingerprint density at radius 3 is 2.30 bits per heavy atom. The van der Waals surface area contributed by atoms with Crippen LogP contribution in [0.25, 0.3) is 11.3 Å². The molecule has 1 saturated heterocycles. The van der Waals surface area contributed by atoms with Gasteiger partial charge in [0.25, 0.3) is 11.8 Å². The summed E-state index contributed by atoms with van der Waals surface area (Å²) in [6.07, 6.45) is 1.61. The van der Waals surface area contributed by atoms with Crippen molar-refractivity contribution in [2.45, 2.75) is 52.2 Å². The normalized spacial score (nSPS) is 15.8. The topological polar surface area (TPSA) is 121 Å². The van der Waals surface area contributed by atoms with Crippen LogP contribution in [0.4, 0.5) is 11.4 Å². The van der Waals surface area contributed by atoms with Crippen LogP contribution in [0.5, 0.6) is 11.5 Å². The number of benzene rings is 5. The summed E-state index contributed by atoms with van der Waals surface area (Å²) in [5.41, 5.74) is 9.89. The number of anilines is 2. The zero-order valence-corrected chi connectivity index (χ0v) is 38.7. The van der Waals surface area contributed by atoms with Gasteiger partial charge in [-0.3, -0.25) is 24.2 Å². The minimum absolute atomic E-state index is 0.0211. The quantitative estimate of drug-likeness (QED) is 0.120. The van der Waals surface area contributed by atoms with Crippen molar-refractivity contribution in [3.8, 4) is 28.8 Å². The standard InChI is InChI=1S/C55H56N6O6/c1-37-28-40-10-8-9-11-42(40)36-60(37)54(63)50-32-44-35-59(53(62)29-39-14-17-47(18-15-39)67-27-24-58-22-25-66-26-23-58)21-20-41(44)31-49(50)51-33-48(38(2)57(51)3)55(64)61(45-12-6-5-7-13-45)46-16-19-52(65-4)43(30-46)34-56/h5-19,30-33,37H,20-29,35-36H2,1-4H3/t37-/m1/s1. The fourth-order valence-corrected chi connectivity index (χ4v) is 9.60. The van der Waals surface area contributed by atoms with Crippen molar-refractivity contribution in [1.82, 2.24) is 19.3 Å². The number of ether oxygens (including phenoxy) is 3. The van der Waals surface area contributed by atoms with E-state index < -0.39 is 0 Å². The minimum Gasteiger partial charge on any atom is -0.495 e. The average Bonchev–Trinajstić information content (AvgIpc) is 3.66. The molecular weight excluding hydrogens is 841 g/mol. The number of nitriles is 1. The SMILES string of the molecule is COc1ccc(N(C(=O)c2cc(-c3cc4c(cc3C(=O)N3Cc5ccccc5C[C@H]3C)CN(C(=O)Cc3ccc(OCCN5CCOCC5)cc3)CC4)n(C)c2C)c2ccccc2)cc1C#N. The molecule has 0 spiro atoms. The third kappa shape index (κ3) is 9.43. The molecule has 5 aromatic carbocycles. The molecule has 1 fully saturated rings. The van der Waals surface area contributed by atoms with Gasteiger partial charge >= 0.3 is 0 Å². The summed E-state index contributed by atoms with van der Waals surface area (Å²) in [7, 11) is 3.44. The van der Waals surface area contributed by atoms with E-state index in [0.717, 1.165) is 84.2 Å². The van der Waals surface area contributed by atoms with Gasteiger partial charge in [-0.05, 0) is 115 Å². The summed E-state index contributed by atoms with van der Waals surface area (Å²) in [5.74, 6) is 0.829. The summed E-state index contributed by atoms with van der Waals surface area (Å²) in [5, 5.41) is 9.97. The molecule has 1 atom stereocenters.